The van der Waals surface area contributed by atoms with Gasteiger partial charge in [0.2, 0.25) is 0 Å². The summed E-state index contributed by atoms with van der Waals surface area (Å²) in [6.07, 6.45) is 6.58. The van der Waals surface area contributed by atoms with Crippen molar-refractivity contribution in [1.82, 2.24) is 0 Å². The van der Waals surface area contributed by atoms with Crippen LogP contribution in [-0.2, 0) is 5.41 Å². The Morgan fingerprint density at radius 2 is 1.17 bits per heavy atom. The Kier molecular flexibility index (Phi) is 5.25. The molecule has 3 aliphatic rings. The average Bonchev–Trinajstić information content (AvgIpc) is 3.56. The van der Waals surface area contributed by atoms with E-state index in [1.54, 1.807) is 0 Å². The fourth-order valence-electron chi connectivity index (χ4n) is 7.46. The molecule has 0 nitrogen and oxygen atoms in total. The Balaban J connectivity index is 1.42. The van der Waals surface area contributed by atoms with Gasteiger partial charge in [0.1, 0.15) is 0 Å². The van der Waals surface area contributed by atoms with E-state index in [1.807, 2.05) is 0 Å². The SMILES string of the molecule is C=C1C2=C(CC=C2)CC2(c3cc(-c4ccc(C)cc4)ccc31)c1ccccc1-c1cc(-c3ccc(C)cc3)ccc12. The number of benzene rings is 5. The van der Waals surface area contributed by atoms with Crippen molar-refractivity contribution in [3.8, 4) is 33.4 Å². The minimum absolute atomic E-state index is 0.278. The van der Waals surface area contributed by atoms with E-state index < -0.39 is 0 Å². The molecule has 0 bridgehead atoms. The quantitative estimate of drug-likeness (QED) is 0.215. The van der Waals surface area contributed by atoms with Gasteiger partial charge in [0, 0.05) is 0 Å². The van der Waals surface area contributed by atoms with Gasteiger partial charge in [-0.15, -0.1) is 0 Å². The maximum absolute atomic E-state index is 4.69. The largest absolute Gasteiger partial charge is 0.0905 e. The summed E-state index contributed by atoms with van der Waals surface area (Å²) in [7, 11) is 0. The number of hydrogen-bond donors (Lipinski definition) is 0. The highest BCUT2D eigenvalue weighted by atomic mass is 14.5. The summed E-state index contributed by atoms with van der Waals surface area (Å²) < 4.78 is 0. The van der Waals surface area contributed by atoms with E-state index in [4.69, 9.17) is 6.58 Å². The van der Waals surface area contributed by atoms with Crippen LogP contribution in [0, 0.1) is 13.8 Å². The van der Waals surface area contributed by atoms with Crippen molar-refractivity contribution in [2.75, 3.05) is 0 Å². The first-order valence-corrected chi connectivity index (χ1v) is 14.6. The highest BCUT2D eigenvalue weighted by Crippen LogP contribution is 2.60. The Bertz CT molecular complexity index is 1940. The molecule has 196 valence electrons. The predicted molar refractivity (Wildman–Crippen MR) is 173 cm³/mol. The first kappa shape index (κ1) is 24.1. The van der Waals surface area contributed by atoms with Gasteiger partial charge in [-0.2, -0.15) is 0 Å². The van der Waals surface area contributed by atoms with Crippen LogP contribution in [-0.4, -0.2) is 0 Å². The summed E-state index contributed by atoms with van der Waals surface area (Å²) in [5, 5.41) is 0. The number of rotatable bonds is 2. The first-order chi connectivity index (χ1) is 20.0. The van der Waals surface area contributed by atoms with E-state index >= 15 is 0 Å². The fraction of sp³-hybridized carbons (Fsp3) is 0.122. The lowest BCUT2D eigenvalue weighted by atomic mass is 9.67. The third kappa shape index (κ3) is 3.54. The van der Waals surface area contributed by atoms with E-state index in [-0.39, 0.29) is 5.41 Å². The molecule has 5 aromatic carbocycles. The fourth-order valence-corrected chi connectivity index (χ4v) is 7.46. The van der Waals surface area contributed by atoms with Crippen molar-refractivity contribution in [2.45, 2.75) is 32.1 Å². The van der Waals surface area contributed by atoms with Crippen molar-refractivity contribution in [3.05, 3.63) is 172 Å². The summed E-state index contributed by atoms with van der Waals surface area (Å²) in [6.45, 7) is 8.99. The average molecular weight is 525 g/mol. The van der Waals surface area contributed by atoms with Crippen LogP contribution in [0.15, 0.2) is 139 Å². The van der Waals surface area contributed by atoms with E-state index in [0.29, 0.717) is 0 Å². The summed E-state index contributed by atoms with van der Waals surface area (Å²) in [5.41, 5.74) is 19.5. The summed E-state index contributed by atoms with van der Waals surface area (Å²) in [5.74, 6) is 0. The molecule has 41 heavy (non-hydrogen) atoms. The van der Waals surface area contributed by atoms with Crippen LogP contribution in [0.3, 0.4) is 0 Å². The molecule has 0 heteroatoms. The molecule has 0 radical (unpaired) electrons. The zero-order valence-corrected chi connectivity index (χ0v) is 23.7. The van der Waals surface area contributed by atoms with Crippen LogP contribution in [0.25, 0.3) is 39.0 Å². The number of fused-ring (bicyclic) bond motifs is 7. The lowest BCUT2D eigenvalue weighted by Gasteiger charge is -2.34. The van der Waals surface area contributed by atoms with E-state index in [0.717, 1.165) is 18.4 Å². The second kappa shape index (κ2) is 8.91. The van der Waals surface area contributed by atoms with Crippen LogP contribution in [0.4, 0.5) is 0 Å². The summed E-state index contributed by atoms with van der Waals surface area (Å²) in [6, 6.07) is 41.2. The van der Waals surface area contributed by atoms with E-state index in [1.165, 1.54) is 77.9 Å². The number of hydrogen-bond acceptors (Lipinski definition) is 0. The van der Waals surface area contributed by atoms with Gasteiger partial charge in [-0.05, 0) is 106 Å². The van der Waals surface area contributed by atoms with Gasteiger partial charge in [0.25, 0.3) is 0 Å². The highest BCUT2D eigenvalue weighted by molar-refractivity contribution is 5.93. The van der Waals surface area contributed by atoms with Crippen molar-refractivity contribution in [1.29, 1.82) is 0 Å². The Morgan fingerprint density at radius 3 is 1.90 bits per heavy atom. The molecule has 0 saturated heterocycles. The van der Waals surface area contributed by atoms with E-state index in [2.05, 4.69) is 135 Å². The second-order valence-corrected chi connectivity index (χ2v) is 12.0. The van der Waals surface area contributed by atoms with Crippen molar-refractivity contribution >= 4 is 5.57 Å². The van der Waals surface area contributed by atoms with Crippen molar-refractivity contribution < 1.29 is 0 Å². The smallest absolute Gasteiger partial charge is 0.0507 e. The lowest BCUT2D eigenvalue weighted by Crippen LogP contribution is -2.28. The predicted octanol–water partition coefficient (Wildman–Crippen LogP) is 10.6. The normalized spacial score (nSPS) is 18.2. The van der Waals surface area contributed by atoms with Gasteiger partial charge in [-0.1, -0.05) is 132 Å². The van der Waals surface area contributed by atoms with Crippen LogP contribution in [0.5, 0.6) is 0 Å². The topological polar surface area (TPSA) is 0 Å². The highest BCUT2D eigenvalue weighted by Gasteiger charge is 2.48. The van der Waals surface area contributed by atoms with Crippen molar-refractivity contribution in [2.24, 2.45) is 0 Å². The molecule has 0 heterocycles. The monoisotopic (exact) mass is 524 g/mol. The van der Waals surface area contributed by atoms with Crippen LogP contribution < -0.4 is 0 Å². The third-order valence-corrected chi connectivity index (χ3v) is 9.56. The molecule has 5 aromatic rings. The maximum Gasteiger partial charge on any atom is 0.0507 e. The molecule has 0 N–H and O–H groups in total. The van der Waals surface area contributed by atoms with Crippen LogP contribution >= 0.6 is 0 Å². The molecule has 1 unspecified atom stereocenters. The number of aryl methyl sites for hydroxylation is 2. The lowest BCUT2D eigenvalue weighted by molar-refractivity contribution is 0.621. The van der Waals surface area contributed by atoms with Gasteiger partial charge in [0.05, 0.1) is 5.41 Å². The van der Waals surface area contributed by atoms with Crippen molar-refractivity contribution in [3.63, 3.8) is 0 Å². The summed E-state index contributed by atoms with van der Waals surface area (Å²) in [4.78, 5) is 0. The van der Waals surface area contributed by atoms with Gasteiger partial charge in [-0.25, -0.2) is 0 Å². The maximum atomic E-state index is 4.69. The van der Waals surface area contributed by atoms with Crippen LogP contribution in [0.1, 0.15) is 46.2 Å². The molecule has 1 atom stereocenters. The molecule has 3 aliphatic carbocycles. The van der Waals surface area contributed by atoms with E-state index in [9.17, 15) is 0 Å². The zero-order valence-electron chi connectivity index (χ0n) is 23.7. The molecule has 0 saturated carbocycles. The molecule has 1 spiro atoms. The molecule has 8 rings (SSSR count). The second-order valence-electron chi connectivity index (χ2n) is 12.0. The Morgan fingerprint density at radius 1 is 0.561 bits per heavy atom. The molecular weight excluding hydrogens is 492 g/mol. The third-order valence-electron chi connectivity index (χ3n) is 9.56. The first-order valence-electron chi connectivity index (χ1n) is 14.6. The standard InChI is InChI=1S/C41H32/c1-26-11-15-29(16-12-26)31-20-22-39-37(23-31)36-8-4-5-10-38(36)41(39)25-33-7-6-9-34(33)28(3)35-21-19-32(24-40(35)41)30-17-13-27(2)14-18-30/h4-6,8-24H,3,7,25H2,1-2H3. The molecular formula is C41H32. The van der Waals surface area contributed by atoms with Gasteiger partial charge in [-0.3, -0.25) is 0 Å². The minimum atomic E-state index is -0.278. The molecule has 0 aliphatic heterocycles. The Labute approximate surface area is 243 Å². The molecule has 0 amide bonds. The Hall–Kier alpha value is -4.68. The van der Waals surface area contributed by atoms with Gasteiger partial charge in [0.15, 0.2) is 0 Å². The molecule has 0 aromatic heterocycles. The zero-order chi connectivity index (χ0) is 27.7. The van der Waals surface area contributed by atoms with Gasteiger partial charge >= 0.3 is 0 Å². The van der Waals surface area contributed by atoms with Crippen LogP contribution in [0.2, 0.25) is 0 Å². The summed E-state index contributed by atoms with van der Waals surface area (Å²) >= 11 is 0. The number of allylic oxidation sites excluding steroid dienone is 5. The van der Waals surface area contributed by atoms with Gasteiger partial charge < -0.3 is 0 Å². The minimum Gasteiger partial charge on any atom is -0.0905 e. The molecule has 0 fully saturated rings.